The van der Waals surface area contributed by atoms with E-state index in [1.807, 2.05) is 13.8 Å². The molecule has 4 rings (SSSR count). The van der Waals surface area contributed by atoms with Crippen molar-refractivity contribution in [3.63, 3.8) is 0 Å². The lowest BCUT2D eigenvalue weighted by atomic mass is 9.84. The molecule has 3 amide bonds. The van der Waals surface area contributed by atoms with E-state index in [0.29, 0.717) is 18.1 Å². The number of aromatic nitrogens is 2. The summed E-state index contributed by atoms with van der Waals surface area (Å²) in [6, 6.07) is 9.61. The highest BCUT2D eigenvalue weighted by Gasteiger charge is 2.37. The number of carbonyl (C=O) groups is 3. The number of pyridine rings is 2. The molecule has 1 aliphatic rings. The summed E-state index contributed by atoms with van der Waals surface area (Å²) in [6.07, 6.45) is 1.34. The molecule has 1 saturated heterocycles. The van der Waals surface area contributed by atoms with Gasteiger partial charge in [0, 0.05) is 36.2 Å². The average molecular weight is 482 g/mol. The van der Waals surface area contributed by atoms with Crippen LogP contribution in [-0.4, -0.2) is 45.3 Å². The SMILES string of the molecule is CC1(C)CN(C(=O)Cn2c(=O)c(C(=O)NCc3ccc(Cl)cc3)cc3c(C(N)=O)ccnc32)C1. The Labute approximate surface area is 200 Å². The van der Waals surface area contributed by atoms with E-state index in [-0.39, 0.29) is 46.6 Å². The van der Waals surface area contributed by atoms with Gasteiger partial charge in [0.15, 0.2) is 0 Å². The molecule has 3 N–H and O–H groups in total. The van der Waals surface area contributed by atoms with Gasteiger partial charge in [-0.25, -0.2) is 4.98 Å². The lowest BCUT2D eigenvalue weighted by molar-refractivity contribution is -0.142. The van der Waals surface area contributed by atoms with Crippen LogP contribution < -0.4 is 16.6 Å². The van der Waals surface area contributed by atoms with Crippen LogP contribution in [0.4, 0.5) is 0 Å². The Bertz CT molecular complexity index is 1360. The van der Waals surface area contributed by atoms with Gasteiger partial charge in [-0.1, -0.05) is 37.6 Å². The van der Waals surface area contributed by atoms with Gasteiger partial charge in [-0.3, -0.25) is 23.7 Å². The van der Waals surface area contributed by atoms with Crippen LogP contribution in [0, 0.1) is 5.41 Å². The third-order valence-corrected chi connectivity index (χ3v) is 6.00. The number of hydrogen-bond donors (Lipinski definition) is 2. The second-order valence-electron chi connectivity index (χ2n) is 9.13. The Hall–Kier alpha value is -3.72. The number of hydrogen-bond acceptors (Lipinski definition) is 5. The Morgan fingerprint density at radius 3 is 2.41 bits per heavy atom. The number of primary amides is 1. The molecule has 1 fully saturated rings. The van der Waals surface area contributed by atoms with Crippen LogP contribution in [0.2, 0.25) is 5.02 Å². The number of likely N-dealkylation sites (tertiary alicyclic amines) is 1. The Morgan fingerprint density at radius 2 is 1.79 bits per heavy atom. The Morgan fingerprint density at radius 1 is 1.12 bits per heavy atom. The lowest BCUT2D eigenvalue weighted by Gasteiger charge is -2.45. The van der Waals surface area contributed by atoms with Crippen LogP contribution in [0.3, 0.4) is 0 Å². The molecular formula is C24H24ClN5O4. The highest BCUT2D eigenvalue weighted by molar-refractivity contribution is 6.30. The van der Waals surface area contributed by atoms with Gasteiger partial charge < -0.3 is 16.0 Å². The molecule has 0 unspecified atom stereocenters. The minimum Gasteiger partial charge on any atom is -0.366 e. The van der Waals surface area contributed by atoms with Crippen molar-refractivity contribution in [1.29, 1.82) is 0 Å². The first-order valence-electron chi connectivity index (χ1n) is 10.7. The van der Waals surface area contributed by atoms with E-state index >= 15 is 0 Å². The van der Waals surface area contributed by atoms with Crippen LogP contribution in [0.15, 0.2) is 47.4 Å². The standard InChI is InChI=1S/C24H24ClN5O4/c1-24(2)12-29(13-24)19(31)11-30-21-17(16(20(26)32)7-8-27-21)9-18(23(30)34)22(33)28-10-14-3-5-15(25)6-4-14/h3-9H,10-13H2,1-2H3,(H2,26,32)(H,28,33). The minimum atomic E-state index is -0.735. The topological polar surface area (TPSA) is 127 Å². The van der Waals surface area contributed by atoms with E-state index in [2.05, 4.69) is 10.3 Å². The fourth-order valence-electron chi connectivity index (χ4n) is 4.07. The number of carbonyl (C=O) groups excluding carboxylic acids is 3. The van der Waals surface area contributed by atoms with E-state index in [4.69, 9.17) is 17.3 Å². The van der Waals surface area contributed by atoms with Crippen molar-refractivity contribution >= 4 is 40.4 Å². The average Bonchev–Trinajstić information content (AvgIpc) is 2.77. The zero-order chi connectivity index (χ0) is 24.6. The first-order valence-corrected chi connectivity index (χ1v) is 11.1. The summed E-state index contributed by atoms with van der Waals surface area (Å²) in [5.41, 5.74) is 5.64. The zero-order valence-electron chi connectivity index (χ0n) is 18.8. The fourth-order valence-corrected chi connectivity index (χ4v) is 4.20. The summed E-state index contributed by atoms with van der Waals surface area (Å²) < 4.78 is 1.13. The number of nitrogens with zero attached hydrogens (tertiary/aromatic N) is 3. The molecule has 0 spiro atoms. The molecule has 1 aliphatic heterocycles. The molecule has 0 radical (unpaired) electrons. The molecule has 0 bridgehead atoms. The maximum atomic E-state index is 13.3. The molecule has 3 heterocycles. The smallest absolute Gasteiger partial charge is 0.265 e. The normalized spacial score (nSPS) is 14.5. The highest BCUT2D eigenvalue weighted by atomic mass is 35.5. The number of rotatable bonds is 6. The van der Waals surface area contributed by atoms with Crippen LogP contribution >= 0.6 is 11.6 Å². The maximum absolute atomic E-state index is 13.3. The van der Waals surface area contributed by atoms with Crippen molar-refractivity contribution in [2.24, 2.45) is 11.1 Å². The van der Waals surface area contributed by atoms with E-state index in [0.717, 1.165) is 10.1 Å². The van der Waals surface area contributed by atoms with Gasteiger partial charge in [0.1, 0.15) is 17.8 Å². The number of nitrogens with two attached hydrogens (primary N) is 1. The molecule has 9 nitrogen and oxygen atoms in total. The molecule has 2 aromatic heterocycles. The van der Waals surface area contributed by atoms with Crippen LogP contribution in [0.5, 0.6) is 0 Å². The number of benzene rings is 1. The number of amides is 3. The highest BCUT2D eigenvalue weighted by Crippen LogP contribution is 2.29. The molecule has 1 aromatic carbocycles. The predicted octanol–water partition coefficient (Wildman–Crippen LogP) is 1.95. The van der Waals surface area contributed by atoms with Crippen LogP contribution in [0.25, 0.3) is 11.0 Å². The molecular weight excluding hydrogens is 458 g/mol. The van der Waals surface area contributed by atoms with Gasteiger partial charge in [-0.05, 0) is 35.2 Å². The fraction of sp³-hybridized carbons (Fsp3) is 0.292. The van der Waals surface area contributed by atoms with Gasteiger partial charge in [0.2, 0.25) is 11.8 Å². The number of nitrogens with one attached hydrogen (secondary N) is 1. The van der Waals surface area contributed by atoms with Gasteiger partial charge >= 0.3 is 0 Å². The van der Waals surface area contributed by atoms with Gasteiger partial charge in [0.25, 0.3) is 11.5 Å². The van der Waals surface area contributed by atoms with Crippen molar-refractivity contribution in [3.8, 4) is 0 Å². The third-order valence-electron chi connectivity index (χ3n) is 5.75. The summed E-state index contributed by atoms with van der Waals surface area (Å²) in [7, 11) is 0. The second-order valence-corrected chi connectivity index (χ2v) is 9.57. The van der Waals surface area contributed by atoms with E-state index in [1.54, 1.807) is 29.2 Å². The summed E-state index contributed by atoms with van der Waals surface area (Å²) in [4.78, 5) is 57.0. The maximum Gasteiger partial charge on any atom is 0.265 e. The van der Waals surface area contributed by atoms with Crippen molar-refractivity contribution in [2.45, 2.75) is 26.9 Å². The van der Waals surface area contributed by atoms with Gasteiger partial charge in [0.05, 0.1) is 5.56 Å². The molecule has 0 aliphatic carbocycles. The third kappa shape index (κ3) is 4.65. The molecule has 0 atom stereocenters. The minimum absolute atomic E-state index is 0.0173. The predicted molar refractivity (Wildman–Crippen MR) is 128 cm³/mol. The Kier molecular flexibility index (Phi) is 6.14. The van der Waals surface area contributed by atoms with Crippen molar-refractivity contribution in [2.75, 3.05) is 13.1 Å². The van der Waals surface area contributed by atoms with E-state index in [1.165, 1.54) is 18.3 Å². The number of fused-ring (bicyclic) bond motifs is 1. The first kappa shape index (κ1) is 23.4. The van der Waals surface area contributed by atoms with Crippen molar-refractivity contribution in [3.05, 3.63) is 74.7 Å². The summed E-state index contributed by atoms with van der Waals surface area (Å²) in [5, 5.41) is 3.49. The van der Waals surface area contributed by atoms with E-state index in [9.17, 15) is 19.2 Å². The summed E-state index contributed by atoms with van der Waals surface area (Å²) in [6.45, 7) is 5.08. The van der Waals surface area contributed by atoms with Crippen molar-refractivity contribution < 1.29 is 14.4 Å². The van der Waals surface area contributed by atoms with Gasteiger partial charge in [-0.15, -0.1) is 0 Å². The first-order chi connectivity index (χ1) is 16.1. The molecule has 34 heavy (non-hydrogen) atoms. The lowest BCUT2D eigenvalue weighted by Crippen LogP contribution is -2.56. The number of halogens is 1. The summed E-state index contributed by atoms with van der Waals surface area (Å²) in [5.74, 6) is -1.65. The molecule has 0 saturated carbocycles. The van der Waals surface area contributed by atoms with Crippen LogP contribution in [0.1, 0.15) is 40.1 Å². The molecule has 3 aromatic rings. The van der Waals surface area contributed by atoms with Crippen molar-refractivity contribution in [1.82, 2.24) is 19.8 Å². The Balaban J connectivity index is 1.71. The zero-order valence-corrected chi connectivity index (χ0v) is 19.6. The largest absolute Gasteiger partial charge is 0.366 e. The van der Waals surface area contributed by atoms with Gasteiger partial charge in [-0.2, -0.15) is 0 Å². The van der Waals surface area contributed by atoms with E-state index < -0.39 is 17.4 Å². The quantitative estimate of drug-likeness (QED) is 0.556. The second kappa shape index (κ2) is 8.90. The van der Waals surface area contributed by atoms with Crippen LogP contribution in [-0.2, 0) is 17.9 Å². The molecule has 10 heteroatoms. The molecule has 176 valence electrons. The summed E-state index contributed by atoms with van der Waals surface area (Å²) >= 11 is 5.89. The monoisotopic (exact) mass is 481 g/mol.